The first-order chi connectivity index (χ1) is 14.6. The van der Waals surface area contributed by atoms with Crippen LogP contribution in [0.1, 0.15) is 31.4 Å². The van der Waals surface area contributed by atoms with E-state index in [9.17, 15) is 13.2 Å². The molecule has 2 aromatic carbocycles. The van der Waals surface area contributed by atoms with Crippen LogP contribution in [-0.2, 0) is 27.8 Å². The molecule has 0 aliphatic heterocycles. The molecule has 8 heteroatoms. The summed E-state index contributed by atoms with van der Waals surface area (Å²) in [5.41, 5.74) is 2.04. The van der Waals surface area contributed by atoms with E-state index in [2.05, 4.69) is 5.32 Å². The summed E-state index contributed by atoms with van der Waals surface area (Å²) in [5, 5.41) is 2.85. The van der Waals surface area contributed by atoms with E-state index in [0.717, 1.165) is 24.2 Å². The number of nitrogens with one attached hydrogen (secondary N) is 1. The van der Waals surface area contributed by atoms with Gasteiger partial charge in [0, 0.05) is 20.1 Å². The average molecular weight is 449 g/mol. The second kappa shape index (κ2) is 11.7. The second-order valence-corrected chi connectivity index (χ2v) is 9.81. The van der Waals surface area contributed by atoms with Gasteiger partial charge in [0.1, 0.15) is 11.5 Å². The Balaban J connectivity index is 1.65. The van der Waals surface area contributed by atoms with E-state index in [-0.39, 0.29) is 25.2 Å². The maximum absolute atomic E-state index is 12.0. The van der Waals surface area contributed by atoms with Gasteiger partial charge >= 0.3 is 0 Å². The smallest absolute Gasteiger partial charge is 0.257 e. The van der Waals surface area contributed by atoms with Crippen molar-refractivity contribution in [1.82, 2.24) is 9.62 Å². The van der Waals surface area contributed by atoms with E-state index in [4.69, 9.17) is 9.47 Å². The highest BCUT2D eigenvalue weighted by Crippen LogP contribution is 2.15. The quantitative estimate of drug-likeness (QED) is 0.505. The van der Waals surface area contributed by atoms with Crippen molar-refractivity contribution in [3.63, 3.8) is 0 Å². The van der Waals surface area contributed by atoms with Crippen LogP contribution < -0.4 is 14.8 Å². The fraction of sp³-hybridized carbons (Fsp3) is 0.435. The molecule has 0 spiro atoms. The summed E-state index contributed by atoms with van der Waals surface area (Å²) in [5.74, 6) is 1.24. The molecule has 0 aromatic heterocycles. The number of hydrogen-bond donors (Lipinski definition) is 1. The zero-order valence-electron chi connectivity index (χ0n) is 18.6. The van der Waals surface area contributed by atoms with Gasteiger partial charge in [0.25, 0.3) is 5.91 Å². The molecule has 0 fully saturated rings. The number of rotatable bonds is 12. The highest BCUT2D eigenvalue weighted by Gasteiger charge is 2.11. The van der Waals surface area contributed by atoms with Crippen molar-refractivity contribution in [1.29, 1.82) is 0 Å². The normalized spacial score (nSPS) is 11.5. The lowest BCUT2D eigenvalue weighted by Crippen LogP contribution is -2.29. The SMILES string of the molecule is CC(C)Oc1ccc(CCCNC(=O)COc2ccc(CN(C)S(C)(=O)=O)cc2)cc1. The van der Waals surface area contributed by atoms with Crippen molar-refractivity contribution in [3.8, 4) is 11.5 Å². The van der Waals surface area contributed by atoms with Crippen LogP contribution in [0.25, 0.3) is 0 Å². The highest BCUT2D eigenvalue weighted by atomic mass is 32.2. The summed E-state index contributed by atoms with van der Waals surface area (Å²) >= 11 is 0. The van der Waals surface area contributed by atoms with Gasteiger partial charge in [-0.3, -0.25) is 4.79 Å². The Hall–Kier alpha value is -2.58. The van der Waals surface area contributed by atoms with Crippen LogP contribution in [0, 0.1) is 0 Å². The Labute approximate surface area is 185 Å². The summed E-state index contributed by atoms with van der Waals surface area (Å²) in [6.45, 7) is 4.78. The molecule has 0 saturated heterocycles. The molecule has 0 atom stereocenters. The molecule has 0 heterocycles. The van der Waals surface area contributed by atoms with E-state index in [1.54, 1.807) is 24.3 Å². The Bertz CT molecular complexity index is 925. The molecule has 0 radical (unpaired) electrons. The fourth-order valence-electron chi connectivity index (χ4n) is 2.79. The van der Waals surface area contributed by atoms with Gasteiger partial charge in [-0.15, -0.1) is 0 Å². The molecule has 1 amide bonds. The number of sulfonamides is 1. The zero-order valence-corrected chi connectivity index (χ0v) is 19.4. The van der Waals surface area contributed by atoms with E-state index in [0.29, 0.717) is 12.3 Å². The molecule has 0 unspecified atom stereocenters. The highest BCUT2D eigenvalue weighted by molar-refractivity contribution is 7.88. The Kier molecular flexibility index (Phi) is 9.33. The van der Waals surface area contributed by atoms with Crippen molar-refractivity contribution in [2.24, 2.45) is 0 Å². The van der Waals surface area contributed by atoms with Crippen LogP contribution in [0.3, 0.4) is 0 Å². The number of carbonyl (C=O) groups is 1. The first kappa shape index (κ1) is 24.7. The molecule has 0 bridgehead atoms. The minimum atomic E-state index is -3.22. The molecule has 170 valence electrons. The van der Waals surface area contributed by atoms with Crippen molar-refractivity contribution < 1.29 is 22.7 Å². The largest absolute Gasteiger partial charge is 0.491 e. The topological polar surface area (TPSA) is 84.9 Å². The van der Waals surface area contributed by atoms with E-state index in [1.165, 1.54) is 23.2 Å². The van der Waals surface area contributed by atoms with Crippen molar-refractivity contribution in [2.75, 3.05) is 26.5 Å². The molecule has 0 saturated carbocycles. The van der Waals surface area contributed by atoms with Gasteiger partial charge < -0.3 is 14.8 Å². The number of carbonyl (C=O) groups excluding carboxylic acids is 1. The first-order valence-corrected chi connectivity index (χ1v) is 12.1. The van der Waals surface area contributed by atoms with Gasteiger partial charge in [-0.2, -0.15) is 0 Å². The summed E-state index contributed by atoms with van der Waals surface area (Å²) < 4.78 is 35.3. The number of aryl methyl sites for hydroxylation is 1. The van der Waals surface area contributed by atoms with Gasteiger partial charge in [0.2, 0.25) is 10.0 Å². The van der Waals surface area contributed by atoms with Crippen LogP contribution in [0.5, 0.6) is 11.5 Å². The van der Waals surface area contributed by atoms with Crippen molar-refractivity contribution >= 4 is 15.9 Å². The summed E-state index contributed by atoms with van der Waals surface area (Å²) in [7, 11) is -1.70. The van der Waals surface area contributed by atoms with Gasteiger partial charge in [-0.1, -0.05) is 24.3 Å². The molecule has 0 aliphatic carbocycles. The molecule has 2 rings (SSSR count). The fourth-order valence-corrected chi connectivity index (χ4v) is 3.18. The minimum absolute atomic E-state index is 0.0656. The van der Waals surface area contributed by atoms with Gasteiger partial charge in [0.05, 0.1) is 12.4 Å². The summed E-state index contributed by atoms with van der Waals surface area (Å²) in [6, 6.07) is 15.0. The number of hydrogen-bond acceptors (Lipinski definition) is 5. The van der Waals surface area contributed by atoms with E-state index in [1.807, 2.05) is 38.1 Å². The number of nitrogens with zero attached hydrogens (tertiary/aromatic N) is 1. The summed E-state index contributed by atoms with van der Waals surface area (Å²) in [4.78, 5) is 12.0. The van der Waals surface area contributed by atoms with Gasteiger partial charge in [-0.05, 0) is 62.1 Å². The Morgan fingerprint density at radius 1 is 1.00 bits per heavy atom. The maximum atomic E-state index is 12.0. The molecular formula is C23H32N2O5S. The van der Waals surface area contributed by atoms with Gasteiger partial charge in [-0.25, -0.2) is 12.7 Å². The van der Waals surface area contributed by atoms with E-state index >= 15 is 0 Å². The predicted molar refractivity (Wildman–Crippen MR) is 122 cm³/mol. The minimum Gasteiger partial charge on any atom is -0.491 e. The van der Waals surface area contributed by atoms with Crippen LogP contribution >= 0.6 is 0 Å². The number of ether oxygens (including phenoxy) is 2. The van der Waals surface area contributed by atoms with Crippen molar-refractivity contribution in [3.05, 3.63) is 59.7 Å². The number of amides is 1. The molecule has 7 nitrogen and oxygen atoms in total. The third-order valence-corrected chi connectivity index (χ3v) is 5.79. The monoisotopic (exact) mass is 448 g/mol. The predicted octanol–water partition coefficient (Wildman–Crippen LogP) is 2.99. The third kappa shape index (κ3) is 9.40. The Morgan fingerprint density at radius 2 is 1.58 bits per heavy atom. The van der Waals surface area contributed by atoms with Crippen LogP contribution in [0.4, 0.5) is 0 Å². The molecule has 2 aromatic rings. The molecule has 0 aliphatic rings. The second-order valence-electron chi connectivity index (χ2n) is 7.72. The lowest BCUT2D eigenvalue weighted by molar-refractivity contribution is -0.123. The molecule has 1 N–H and O–H groups in total. The Morgan fingerprint density at radius 3 is 2.16 bits per heavy atom. The maximum Gasteiger partial charge on any atom is 0.257 e. The molecule has 31 heavy (non-hydrogen) atoms. The van der Waals surface area contributed by atoms with Crippen LogP contribution in [0.2, 0.25) is 0 Å². The summed E-state index contributed by atoms with van der Waals surface area (Å²) in [6.07, 6.45) is 3.02. The first-order valence-electron chi connectivity index (χ1n) is 10.3. The van der Waals surface area contributed by atoms with E-state index < -0.39 is 10.0 Å². The van der Waals surface area contributed by atoms with Crippen LogP contribution in [0.15, 0.2) is 48.5 Å². The van der Waals surface area contributed by atoms with Gasteiger partial charge in [0.15, 0.2) is 6.61 Å². The zero-order chi connectivity index (χ0) is 22.9. The van der Waals surface area contributed by atoms with Crippen molar-refractivity contribution in [2.45, 2.75) is 39.3 Å². The lowest BCUT2D eigenvalue weighted by atomic mass is 10.1. The third-order valence-electron chi connectivity index (χ3n) is 4.52. The standard InChI is InChI=1S/C23H32N2O5S/c1-18(2)30-22-13-7-19(8-14-22)6-5-15-24-23(26)17-29-21-11-9-20(10-12-21)16-25(3)31(4,27)28/h7-14,18H,5-6,15-17H2,1-4H3,(H,24,26). The lowest BCUT2D eigenvalue weighted by Gasteiger charge is -2.14. The van der Waals surface area contributed by atoms with Crippen LogP contribution in [-0.4, -0.2) is 51.2 Å². The number of benzene rings is 2. The molecular weight excluding hydrogens is 416 g/mol. The average Bonchev–Trinajstić information content (AvgIpc) is 2.71.